The van der Waals surface area contributed by atoms with E-state index < -0.39 is 0 Å². The average molecular weight is 179 g/mol. The van der Waals surface area contributed by atoms with Gasteiger partial charge in [-0.1, -0.05) is 0 Å². The number of aromatic nitrogens is 2. The number of nitrogens with zero attached hydrogens (tertiary/aromatic N) is 2. The van der Waals surface area contributed by atoms with E-state index in [2.05, 4.69) is 10.3 Å². The standard InChI is InChI=1S/C9H13N3O/c13-6-8-5-12(7-11-8)9-1-3-10-4-2-9/h5-7,9-10H,1-4H2. The van der Waals surface area contributed by atoms with Crippen LogP contribution in [0.1, 0.15) is 29.4 Å². The first-order valence-electron chi connectivity index (χ1n) is 4.59. The van der Waals surface area contributed by atoms with Gasteiger partial charge in [0.1, 0.15) is 5.69 Å². The molecule has 1 saturated heterocycles. The second kappa shape index (κ2) is 3.70. The predicted molar refractivity (Wildman–Crippen MR) is 48.8 cm³/mol. The minimum Gasteiger partial charge on any atom is -0.334 e. The molecule has 1 aromatic rings. The van der Waals surface area contributed by atoms with Crippen LogP contribution in [0.4, 0.5) is 0 Å². The molecule has 0 bridgehead atoms. The Hall–Kier alpha value is -1.16. The minimum atomic E-state index is 0.516. The summed E-state index contributed by atoms with van der Waals surface area (Å²) in [7, 11) is 0. The van der Waals surface area contributed by atoms with E-state index in [1.54, 1.807) is 6.33 Å². The molecule has 4 heteroatoms. The molecule has 2 heterocycles. The monoisotopic (exact) mass is 179 g/mol. The molecule has 13 heavy (non-hydrogen) atoms. The van der Waals surface area contributed by atoms with Gasteiger partial charge in [-0.2, -0.15) is 0 Å². The third-order valence-electron chi connectivity index (χ3n) is 2.47. The molecule has 2 rings (SSSR count). The maximum Gasteiger partial charge on any atom is 0.169 e. The number of piperidine rings is 1. The van der Waals surface area contributed by atoms with Gasteiger partial charge >= 0.3 is 0 Å². The molecule has 0 saturated carbocycles. The molecule has 1 aliphatic rings. The molecule has 1 N–H and O–H groups in total. The van der Waals surface area contributed by atoms with Crippen molar-refractivity contribution in [2.75, 3.05) is 13.1 Å². The molecule has 1 fully saturated rings. The number of nitrogens with one attached hydrogen (secondary N) is 1. The van der Waals surface area contributed by atoms with Crippen LogP contribution in [0, 0.1) is 0 Å². The van der Waals surface area contributed by atoms with Crippen LogP contribution in [0.5, 0.6) is 0 Å². The zero-order valence-corrected chi connectivity index (χ0v) is 7.44. The summed E-state index contributed by atoms with van der Waals surface area (Å²) in [5, 5.41) is 3.30. The highest BCUT2D eigenvalue weighted by Crippen LogP contribution is 2.17. The van der Waals surface area contributed by atoms with Crippen molar-refractivity contribution >= 4 is 6.29 Å². The number of carbonyl (C=O) groups is 1. The van der Waals surface area contributed by atoms with E-state index in [-0.39, 0.29) is 0 Å². The van der Waals surface area contributed by atoms with Crippen molar-refractivity contribution in [3.8, 4) is 0 Å². The third-order valence-corrected chi connectivity index (χ3v) is 2.47. The lowest BCUT2D eigenvalue weighted by atomic mass is 10.1. The molecule has 1 aliphatic heterocycles. The molecular formula is C9H13N3O. The molecule has 0 amide bonds. The summed E-state index contributed by atoms with van der Waals surface area (Å²) in [5.41, 5.74) is 0.526. The molecule has 1 aromatic heterocycles. The number of aldehydes is 1. The molecule has 0 aliphatic carbocycles. The average Bonchev–Trinajstić information content (AvgIpc) is 2.67. The van der Waals surface area contributed by atoms with Crippen LogP contribution in [0.3, 0.4) is 0 Å². The Labute approximate surface area is 77.0 Å². The van der Waals surface area contributed by atoms with Crippen LogP contribution in [-0.4, -0.2) is 28.9 Å². The van der Waals surface area contributed by atoms with E-state index in [4.69, 9.17) is 0 Å². The van der Waals surface area contributed by atoms with Gasteiger partial charge in [-0.15, -0.1) is 0 Å². The zero-order valence-electron chi connectivity index (χ0n) is 7.44. The summed E-state index contributed by atoms with van der Waals surface area (Å²) in [4.78, 5) is 14.4. The van der Waals surface area contributed by atoms with Gasteiger partial charge in [-0.25, -0.2) is 4.98 Å². The first-order valence-corrected chi connectivity index (χ1v) is 4.59. The van der Waals surface area contributed by atoms with Gasteiger partial charge in [-0.05, 0) is 25.9 Å². The van der Waals surface area contributed by atoms with E-state index in [1.165, 1.54) is 0 Å². The van der Waals surface area contributed by atoms with Gasteiger partial charge in [-0.3, -0.25) is 4.79 Å². The van der Waals surface area contributed by atoms with E-state index in [1.807, 2.05) is 10.8 Å². The molecule has 0 atom stereocenters. The minimum absolute atomic E-state index is 0.516. The van der Waals surface area contributed by atoms with Crippen molar-refractivity contribution in [3.63, 3.8) is 0 Å². The quantitative estimate of drug-likeness (QED) is 0.677. The predicted octanol–water partition coefficient (Wildman–Crippen LogP) is 0.620. The number of carbonyl (C=O) groups excluding carboxylic acids is 1. The van der Waals surface area contributed by atoms with E-state index in [0.29, 0.717) is 11.7 Å². The fourth-order valence-corrected chi connectivity index (χ4v) is 1.72. The van der Waals surface area contributed by atoms with Crippen molar-refractivity contribution in [2.24, 2.45) is 0 Å². The largest absolute Gasteiger partial charge is 0.334 e. The van der Waals surface area contributed by atoms with Crippen LogP contribution in [0.15, 0.2) is 12.5 Å². The summed E-state index contributed by atoms with van der Waals surface area (Å²) >= 11 is 0. The molecule has 0 spiro atoms. The van der Waals surface area contributed by atoms with Crippen LogP contribution >= 0.6 is 0 Å². The van der Waals surface area contributed by atoms with Gasteiger partial charge in [0.15, 0.2) is 6.29 Å². The highest BCUT2D eigenvalue weighted by molar-refractivity contribution is 5.70. The Kier molecular flexibility index (Phi) is 2.40. The Morgan fingerprint density at radius 3 is 2.92 bits per heavy atom. The summed E-state index contributed by atoms with van der Waals surface area (Å²) < 4.78 is 2.05. The topological polar surface area (TPSA) is 46.9 Å². The highest BCUT2D eigenvalue weighted by atomic mass is 16.1. The fourth-order valence-electron chi connectivity index (χ4n) is 1.72. The lowest BCUT2D eigenvalue weighted by Gasteiger charge is -2.23. The Morgan fingerprint density at radius 2 is 2.31 bits per heavy atom. The molecule has 0 radical (unpaired) electrons. The van der Waals surface area contributed by atoms with Gasteiger partial charge in [0.05, 0.1) is 6.33 Å². The SMILES string of the molecule is O=Cc1cn(C2CCNCC2)cn1. The molecule has 0 unspecified atom stereocenters. The second-order valence-corrected chi connectivity index (χ2v) is 3.34. The summed E-state index contributed by atoms with van der Waals surface area (Å²) in [6, 6.07) is 0.516. The summed E-state index contributed by atoms with van der Waals surface area (Å²) in [6.07, 6.45) is 6.60. The van der Waals surface area contributed by atoms with Gasteiger partial charge in [0.25, 0.3) is 0 Å². The molecular weight excluding hydrogens is 166 g/mol. The van der Waals surface area contributed by atoms with E-state index >= 15 is 0 Å². The lowest BCUT2D eigenvalue weighted by Crippen LogP contribution is -2.28. The maximum absolute atomic E-state index is 10.4. The second-order valence-electron chi connectivity index (χ2n) is 3.34. The van der Waals surface area contributed by atoms with Crippen LogP contribution in [0.2, 0.25) is 0 Å². The third kappa shape index (κ3) is 1.78. The maximum atomic E-state index is 10.4. The Balaban J connectivity index is 2.09. The van der Waals surface area contributed by atoms with Crippen molar-refractivity contribution in [3.05, 3.63) is 18.2 Å². The smallest absolute Gasteiger partial charge is 0.169 e. The van der Waals surface area contributed by atoms with Gasteiger partial charge in [0, 0.05) is 12.2 Å². The van der Waals surface area contributed by atoms with E-state index in [0.717, 1.165) is 32.2 Å². The van der Waals surface area contributed by atoms with Gasteiger partial charge in [0.2, 0.25) is 0 Å². The van der Waals surface area contributed by atoms with Gasteiger partial charge < -0.3 is 9.88 Å². The van der Waals surface area contributed by atoms with E-state index in [9.17, 15) is 4.79 Å². The van der Waals surface area contributed by atoms with Crippen molar-refractivity contribution in [1.82, 2.24) is 14.9 Å². The number of rotatable bonds is 2. The normalized spacial score (nSPS) is 18.8. The Morgan fingerprint density at radius 1 is 1.54 bits per heavy atom. The zero-order chi connectivity index (χ0) is 9.10. The molecule has 4 nitrogen and oxygen atoms in total. The first-order chi connectivity index (χ1) is 6.40. The lowest BCUT2D eigenvalue weighted by molar-refractivity contribution is 0.111. The highest BCUT2D eigenvalue weighted by Gasteiger charge is 2.14. The number of hydrogen-bond acceptors (Lipinski definition) is 3. The number of imidazole rings is 1. The number of hydrogen-bond donors (Lipinski definition) is 1. The summed E-state index contributed by atoms with van der Waals surface area (Å²) in [6.45, 7) is 2.11. The van der Waals surface area contributed by atoms with Crippen LogP contribution in [-0.2, 0) is 0 Å². The van der Waals surface area contributed by atoms with Crippen molar-refractivity contribution in [2.45, 2.75) is 18.9 Å². The van der Waals surface area contributed by atoms with Crippen molar-refractivity contribution < 1.29 is 4.79 Å². The van der Waals surface area contributed by atoms with Crippen LogP contribution in [0.25, 0.3) is 0 Å². The first kappa shape index (κ1) is 8.44. The van der Waals surface area contributed by atoms with Crippen LogP contribution < -0.4 is 5.32 Å². The molecule has 70 valence electrons. The fraction of sp³-hybridized carbons (Fsp3) is 0.556. The molecule has 0 aromatic carbocycles. The Bertz CT molecular complexity index is 289. The summed E-state index contributed by atoms with van der Waals surface area (Å²) in [5.74, 6) is 0. The van der Waals surface area contributed by atoms with Crippen molar-refractivity contribution in [1.29, 1.82) is 0 Å².